The minimum absolute atomic E-state index is 0.528. The van der Waals surface area contributed by atoms with Crippen LogP contribution >= 0.6 is 0 Å². The molecule has 0 aromatic heterocycles. The normalized spacial score (nSPS) is 16.8. The van der Waals surface area contributed by atoms with Crippen molar-refractivity contribution >= 4 is 11.6 Å². The van der Waals surface area contributed by atoms with E-state index in [1.54, 1.807) is 0 Å². The molecule has 0 spiro atoms. The smallest absolute Gasteiger partial charge is 0.202 e. The molecule has 0 unspecified atom stereocenters. The van der Waals surface area contributed by atoms with E-state index >= 15 is 0 Å². The zero-order valence-electron chi connectivity index (χ0n) is 22.6. The summed E-state index contributed by atoms with van der Waals surface area (Å²) in [5.41, 5.74) is 5.08. The molecule has 3 aromatic carbocycles. The predicted octanol–water partition coefficient (Wildman–Crippen LogP) is 8.65. The summed E-state index contributed by atoms with van der Waals surface area (Å²) in [6.07, 6.45) is 13.0. The fourth-order valence-electron chi connectivity index (χ4n) is 6.10. The lowest BCUT2D eigenvalue weighted by molar-refractivity contribution is 0.166. The summed E-state index contributed by atoms with van der Waals surface area (Å²) in [5, 5.41) is 0. The Labute approximate surface area is 224 Å². The number of guanidine groups is 1. The lowest BCUT2D eigenvalue weighted by Crippen LogP contribution is -2.52. The standard InChI is InChI=1S/C34H43N3/c1-28-22-24-31(25-23-28)35-34(36(32-18-10-4-11-19-32)26-29-14-6-2-7-15-29)37(33-20-12-5-13-21-33)27-30-16-8-3-9-17-30/h2-3,6-9,14-17,22-25,32-33H,4-5,10-13,18-21,26-27H2,1H3. The van der Waals surface area contributed by atoms with Gasteiger partial charge in [0.25, 0.3) is 0 Å². The van der Waals surface area contributed by atoms with Gasteiger partial charge in [-0.2, -0.15) is 0 Å². The van der Waals surface area contributed by atoms with E-state index in [0.29, 0.717) is 12.1 Å². The molecular formula is C34H43N3. The maximum absolute atomic E-state index is 5.51. The first-order valence-electron chi connectivity index (χ1n) is 14.5. The van der Waals surface area contributed by atoms with E-state index in [2.05, 4.69) is 102 Å². The summed E-state index contributed by atoms with van der Waals surface area (Å²) >= 11 is 0. The van der Waals surface area contributed by atoms with Crippen LogP contribution in [-0.4, -0.2) is 27.8 Å². The molecule has 0 N–H and O–H groups in total. The van der Waals surface area contributed by atoms with Crippen molar-refractivity contribution in [2.45, 2.75) is 96.3 Å². The third-order valence-electron chi connectivity index (χ3n) is 8.20. The van der Waals surface area contributed by atoms with Gasteiger partial charge in [-0.15, -0.1) is 0 Å². The SMILES string of the molecule is Cc1ccc(N=C(N(Cc2ccccc2)C2CCCCC2)N(Cc2ccccc2)C2CCCCC2)cc1. The van der Waals surface area contributed by atoms with Gasteiger partial charge in [0.1, 0.15) is 0 Å². The molecular weight excluding hydrogens is 450 g/mol. The lowest BCUT2D eigenvalue weighted by Gasteiger charge is -2.44. The van der Waals surface area contributed by atoms with Crippen molar-refractivity contribution in [2.24, 2.45) is 4.99 Å². The zero-order valence-corrected chi connectivity index (χ0v) is 22.6. The molecule has 3 aromatic rings. The highest BCUT2D eigenvalue weighted by Gasteiger charge is 2.32. The second kappa shape index (κ2) is 12.9. The maximum atomic E-state index is 5.51. The monoisotopic (exact) mass is 493 g/mol. The molecule has 0 heterocycles. The first kappa shape index (κ1) is 25.6. The molecule has 0 bridgehead atoms. The number of hydrogen-bond acceptors (Lipinski definition) is 1. The molecule has 0 atom stereocenters. The van der Waals surface area contributed by atoms with Crippen molar-refractivity contribution in [3.8, 4) is 0 Å². The number of aryl methyl sites for hydroxylation is 1. The average Bonchev–Trinajstić information content (AvgIpc) is 2.97. The van der Waals surface area contributed by atoms with E-state index in [1.807, 2.05) is 0 Å². The van der Waals surface area contributed by atoms with Crippen LogP contribution in [0, 0.1) is 6.92 Å². The predicted molar refractivity (Wildman–Crippen MR) is 156 cm³/mol. The molecule has 0 amide bonds. The van der Waals surface area contributed by atoms with Crippen LogP contribution in [0.15, 0.2) is 89.9 Å². The van der Waals surface area contributed by atoms with Crippen LogP contribution in [0.25, 0.3) is 0 Å². The lowest BCUT2D eigenvalue weighted by atomic mass is 9.92. The molecule has 5 rings (SSSR count). The molecule has 194 valence electrons. The van der Waals surface area contributed by atoms with Crippen molar-refractivity contribution in [1.82, 2.24) is 9.80 Å². The number of nitrogens with zero attached hydrogens (tertiary/aromatic N) is 3. The van der Waals surface area contributed by atoms with Gasteiger partial charge < -0.3 is 9.80 Å². The van der Waals surface area contributed by atoms with E-state index < -0.39 is 0 Å². The molecule has 37 heavy (non-hydrogen) atoms. The number of rotatable bonds is 7. The minimum atomic E-state index is 0.528. The average molecular weight is 494 g/mol. The van der Waals surface area contributed by atoms with Gasteiger partial charge in [0.2, 0.25) is 5.96 Å². The summed E-state index contributed by atoms with van der Waals surface area (Å²) in [7, 11) is 0. The van der Waals surface area contributed by atoms with Crippen LogP contribution < -0.4 is 0 Å². The fraction of sp³-hybridized carbons (Fsp3) is 0.441. The van der Waals surface area contributed by atoms with Crippen molar-refractivity contribution < 1.29 is 0 Å². The van der Waals surface area contributed by atoms with Gasteiger partial charge in [0.05, 0.1) is 5.69 Å². The van der Waals surface area contributed by atoms with Gasteiger partial charge in [0, 0.05) is 25.2 Å². The first-order valence-corrected chi connectivity index (χ1v) is 14.5. The molecule has 0 radical (unpaired) electrons. The fourth-order valence-corrected chi connectivity index (χ4v) is 6.10. The van der Waals surface area contributed by atoms with Crippen LogP contribution in [0.2, 0.25) is 0 Å². The van der Waals surface area contributed by atoms with Crippen molar-refractivity contribution in [3.05, 3.63) is 102 Å². The number of aliphatic imine (C=N–C) groups is 1. The van der Waals surface area contributed by atoms with Crippen molar-refractivity contribution in [1.29, 1.82) is 0 Å². The van der Waals surface area contributed by atoms with Crippen molar-refractivity contribution in [2.75, 3.05) is 0 Å². The Kier molecular flexibility index (Phi) is 8.95. The number of benzene rings is 3. The quantitative estimate of drug-likeness (QED) is 0.242. The summed E-state index contributed by atoms with van der Waals surface area (Å²) in [4.78, 5) is 10.9. The summed E-state index contributed by atoms with van der Waals surface area (Å²) in [6, 6.07) is 31.9. The maximum Gasteiger partial charge on any atom is 0.202 e. The highest BCUT2D eigenvalue weighted by molar-refractivity contribution is 5.83. The zero-order chi connectivity index (χ0) is 25.3. The molecule has 3 nitrogen and oxygen atoms in total. The molecule has 2 saturated carbocycles. The first-order chi connectivity index (χ1) is 18.3. The van der Waals surface area contributed by atoms with E-state index in [-0.39, 0.29) is 0 Å². The summed E-state index contributed by atoms with van der Waals surface area (Å²) in [6.45, 7) is 3.98. The molecule has 2 aliphatic rings. The molecule has 0 saturated heterocycles. The minimum Gasteiger partial charge on any atom is -0.335 e. The Morgan fingerprint density at radius 1 is 0.595 bits per heavy atom. The van der Waals surface area contributed by atoms with Gasteiger partial charge in [-0.1, -0.05) is 117 Å². The van der Waals surface area contributed by atoms with Gasteiger partial charge in [-0.05, 0) is 55.9 Å². The van der Waals surface area contributed by atoms with Crippen LogP contribution in [0.1, 0.15) is 80.9 Å². The Morgan fingerprint density at radius 2 is 1.03 bits per heavy atom. The van der Waals surface area contributed by atoms with Crippen LogP contribution in [-0.2, 0) is 13.1 Å². The van der Waals surface area contributed by atoms with Gasteiger partial charge in [-0.25, -0.2) is 4.99 Å². The van der Waals surface area contributed by atoms with Gasteiger partial charge in [0.15, 0.2) is 0 Å². The van der Waals surface area contributed by atoms with E-state index in [0.717, 1.165) is 18.8 Å². The van der Waals surface area contributed by atoms with Crippen LogP contribution in [0.5, 0.6) is 0 Å². The topological polar surface area (TPSA) is 18.8 Å². The van der Waals surface area contributed by atoms with E-state index in [9.17, 15) is 0 Å². The molecule has 2 fully saturated rings. The Hall–Kier alpha value is -3.07. The largest absolute Gasteiger partial charge is 0.335 e. The number of hydrogen-bond donors (Lipinski definition) is 0. The van der Waals surface area contributed by atoms with Crippen LogP contribution in [0.4, 0.5) is 5.69 Å². The Morgan fingerprint density at radius 3 is 1.46 bits per heavy atom. The van der Waals surface area contributed by atoms with Gasteiger partial charge in [-0.3, -0.25) is 0 Å². The van der Waals surface area contributed by atoms with E-state index in [1.165, 1.54) is 86.9 Å². The summed E-state index contributed by atoms with van der Waals surface area (Å²) in [5.74, 6) is 1.18. The third kappa shape index (κ3) is 7.03. The van der Waals surface area contributed by atoms with Crippen molar-refractivity contribution in [3.63, 3.8) is 0 Å². The highest BCUT2D eigenvalue weighted by Crippen LogP contribution is 2.31. The second-order valence-corrected chi connectivity index (χ2v) is 11.1. The second-order valence-electron chi connectivity index (χ2n) is 11.1. The third-order valence-corrected chi connectivity index (χ3v) is 8.20. The summed E-state index contributed by atoms with van der Waals surface area (Å²) < 4.78 is 0. The highest BCUT2D eigenvalue weighted by atomic mass is 15.4. The Balaban J connectivity index is 1.60. The Bertz CT molecular complexity index is 1030. The molecule has 2 aliphatic carbocycles. The van der Waals surface area contributed by atoms with Gasteiger partial charge >= 0.3 is 0 Å². The molecule has 0 aliphatic heterocycles. The van der Waals surface area contributed by atoms with Crippen LogP contribution in [0.3, 0.4) is 0 Å². The molecule has 3 heteroatoms. The van der Waals surface area contributed by atoms with E-state index in [4.69, 9.17) is 4.99 Å².